The van der Waals surface area contributed by atoms with Gasteiger partial charge in [0, 0.05) is 5.41 Å². The Morgan fingerprint density at radius 2 is 1.53 bits per heavy atom. The minimum Gasteiger partial charge on any atom is -0.385 e. The van der Waals surface area contributed by atoms with Crippen LogP contribution in [0.2, 0.25) is 0 Å². The lowest BCUT2D eigenvalue weighted by Gasteiger charge is -2.29. The van der Waals surface area contributed by atoms with E-state index >= 15 is 0 Å². The number of rotatable bonds is 3. The van der Waals surface area contributed by atoms with Gasteiger partial charge in [0.15, 0.2) is 5.78 Å². The molecule has 0 amide bonds. The van der Waals surface area contributed by atoms with Gasteiger partial charge in [-0.2, -0.15) is 0 Å². The van der Waals surface area contributed by atoms with E-state index in [2.05, 4.69) is 20.8 Å². The van der Waals surface area contributed by atoms with Crippen LogP contribution in [-0.2, 0) is 4.79 Å². The van der Waals surface area contributed by atoms with Gasteiger partial charge >= 0.3 is 0 Å². The second-order valence-corrected chi connectivity index (χ2v) is 6.80. The van der Waals surface area contributed by atoms with E-state index in [0.29, 0.717) is 0 Å². The molecule has 1 N–H and O–H groups in total. The van der Waals surface area contributed by atoms with Gasteiger partial charge in [-0.3, -0.25) is 4.79 Å². The molecule has 0 spiro atoms. The summed E-state index contributed by atoms with van der Waals surface area (Å²) in [5.74, 6) is -0.0315. The van der Waals surface area contributed by atoms with Gasteiger partial charge < -0.3 is 5.11 Å². The van der Waals surface area contributed by atoms with Crippen molar-refractivity contribution < 1.29 is 9.90 Å². The maximum absolute atomic E-state index is 11.8. The molecule has 2 atom stereocenters. The van der Waals surface area contributed by atoms with E-state index in [1.165, 1.54) is 0 Å². The molecule has 15 heavy (non-hydrogen) atoms. The summed E-state index contributed by atoms with van der Waals surface area (Å²) in [6.07, 6.45) is 0.0277. The highest BCUT2D eigenvalue weighted by Gasteiger charge is 2.33. The Kier molecular flexibility index (Phi) is 4.53. The summed E-state index contributed by atoms with van der Waals surface area (Å²) in [5, 5.41) is 9.94. The molecule has 0 aliphatic heterocycles. The largest absolute Gasteiger partial charge is 0.385 e. The molecule has 0 radical (unpaired) electrons. The summed E-state index contributed by atoms with van der Waals surface area (Å²) >= 11 is 0. The summed E-state index contributed by atoms with van der Waals surface area (Å²) in [6.45, 7) is 13.9. The van der Waals surface area contributed by atoms with E-state index in [9.17, 15) is 9.90 Å². The lowest BCUT2D eigenvalue weighted by atomic mass is 9.78. The molecular weight excluding hydrogens is 188 g/mol. The molecule has 0 aromatic carbocycles. The third-order valence-electron chi connectivity index (χ3n) is 2.48. The first-order valence-electron chi connectivity index (χ1n) is 5.67. The SMILES string of the molecule is C[C@H](CC(C)(C)C)[C@@H](O)C(=O)C(C)(C)C. The zero-order valence-corrected chi connectivity index (χ0v) is 11.2. The van der Waals surface area contributed by atoms with Gasteiger partial charge in [0.05, 0.1) is 0 Å². The Morgan fingerprint density at radius 1 is 1.13 bits per heavy atom. The van der Waals surface area contributed by atoms with Crippen molar-refractivity contribution in [2.24, 2.45) is 16.7 Å². The lowest BCUT2D eigenvalue weighted by molar-refractivity contribution is -0.137. The average Bonchev–Trinajstić information content (AvgIpc) is 1.96. The molecule has 0 aliphatic carbocycles. The van der Waals surface area contributed by atoms with Crippen molar-refractivity contribution in [2.75, 3.05) is 0 Å². The van der Waals surface area contributed by atoms with Crippen molar-refractivity contribution >= 4 is 5.78 Å². The molecule has 90 valence electrons. The van der Waals surface area contributed by atoms with E-state index in [1.807, 2.05) is 27.7 Å². The third-order valence-corrected chi connectivity index (χ3v) is 2.48. The van der Waals surface area contributed by atoms with Crippen molar-refractivity contribution in [3.8, 4) is 0 Å². The van der Waals surface area contributed by atoms with E-state index < -0.39 is 11.5 Å². The molecule has 0 rings (SSSR count). The minimum atomic E-state index is -0.829. The smallest absolute Gasteiger partial charge is 0.166 e. The van der Waals surface area contributed by atoms with Crippen LogP contribution in [0.1, 0.15) is 54.9 Å². The maximum Gasteiger partial charge on any atom is 0.166 e. The van der Waals surface area contributed by atoms with Crippen LogP contribution < -0.4 is 0 Å². The Bertz CT molecular complexity index is 218. The van der Waals surface area contributed by atoms with E-state index in [-0.39, 0.29) is 17.1 Å². The van der Waals surface area contributed by atoms with Crippen LogP contribution in [0.15, 0.2) is 0 Å². The number of aliphatic hydroxyl groups excluding tert-OH is 1. The van der Waals surface area contributed by atoms with Crippen LogP contribution in [0.5, 0.6) is 0 Å². The third kappa shape index (κ3) is 5.31. The van der Waals surface area contributed by atoms with E-state index in [0.717, 1.165) is 6.42 Å². The standard InChI is InChI=1S/C13H26O2/c1-9(8-12(2,3)4)10(14)11(15)13(5,6)7/h9-10,14H,8H2,1-7H3/t9-,10-/m1/s1. The van der Waals surface area contributed by atoms with Crippen molar-refractivity contribution in [3.63, 3.8) is 0 Å². The first-order chi connectivity index (χ1) is 6.45. The number of hydrogen-bond acceptors (Lipinski definition) is 2. The molecule has 0 aliphatic rings. The summed E-state index contributed by atoms with van der Waals surface area (Å²) in [6, 6.07) is 0. The Hall–Kier alpha value is -0.370. The normalized spacial score (nSPS) is 17.3. The van der Waals surface area contributed by atoms with Crippen molar-refractivity contribution in [3.05, 3.63) is 0 Å². The topological polar surface area (TPSA) is 37.3 Å². The van der Waals surface area contributed by atoms with Crippen molar-refractivity contribution in [2.45, 2.75) is 61.0 Å². The first kappa shape index (κ1) is 14.6. The van der Waals surface area contributed by atoms with E-state index in [4.69, 9.17) is 0 Å². The molecule has 0 aromatic rings. The Morgan fingerprint density at radius 3 is 1.80 bits per heavy atom. The first-order valence-corrected chi connectivity index (χ1v) is 5.67. The fraction of sp³-hybridized carbons (Fsp3) is 0.923. The van der Waals surface area contributed by atoms with Gasteiger partial charge in [-0.25, -0.2) is 0 Å². The lowest BCUT2D eigenvalue weighted by Crippen LogP contribution is -2.38. The molecule has 0 saturated carbocycles. The molecule has 0 heterocycles. The Labute approximate surface area is 94.1 Å². The van der Waals surface area contributed by atoms with Gasteiger partial charge in [-0.05, 0) is 17.8 Å². The van der Waals surface area contributed by atoms with Gasteiger partial charge in [-0.1, -0.05) is 48.5 Å². The molecule has 0 aromatic heterocycles. The predicted octanol–water partition coefficient (Wildman–Crippen LogP) is 3.03. The fourth-order valence-electron chi connectivity index (χ4n) is 1.78. The summed E-state index contributed by atoms with van der Waals surface area (Å²) in [5.41, 5.74) is -0.301. The Balaban J connectivity index is 4.46. The second kappa shape index (κ2) is 4.65. The quantitative estimate of drug-likeness (QED) is 0.784. The number of Topliss-reactive ketones (excluding diaryl/α,β-unsaturated/α-hetero) is 1. The van der Waals surface area contributed by atoms with Crippen LogP contribution in [0.3, 0.4) is 0 Å². The molecule has 0 saturated heterocycles. The van der Waals surface area contributed by atoms with Crippen molar-refractivity contribution in [1.29, 1.82) is 0 Å². The molecule has 2 nitrogen and oxygen atoms in total. The van der Waals surface area contributed by atoms with Gasteiger partial charge in [0.2, 0.25) is 0 Å². The summed E-state index contributed by atoms with van der Waals surface area (Å²) in [4.78, 5) is 11.8. The van der Waals surface area contributed by atoms with Crippen LogP contribution in [0, 0.1) is 16.7 Å². The molecule has 0 fully saturated rings. The monoisotopic (exact) mass is 214 g/mol. The van der Waals surface area contributed by atoms with Crippen LogP contribution in [0.25, 0.3) is 0 Å². The zero-order valence-electron chi connectivity index (χ0n) is 11.2. The highest BCUT2D eigenvalue weighted by molar-refractivity contribution is 5.87. The van der Waals surface area contributed by atoms with Crippen LogP contribution >= 0.6 is 0 Å². The zero-order chi connectivity index (χ0) is 12.4. The highest BCUT2D eigenvalue weighted by Crippen LogP contribution is 2.29. The van der Waals surface area contributed by atoms with Gasteiger partial charge in [0.25, 0.3) is 0 Å². The minimum absolute atomic E-state index is 0.0247. The number of hydrogen-bond donors (Lipinski definition) is 1. The second-order valence-electron chi connectivity index (χ2n) is 6.80. The molecular formula is C13H26O2. The number of carbonyl (C=O) groups is 1. The predicted molar refractivity (Wildman–Crippen MR) is 63.7 cm³/mol. The number of carbonyl (C=O) groups excluding carboxylic acids is 1. The van der Waals surface area contributed by atoms with Gasteiger partial charge in [0.1, 0.15) is 6.10 Å². The van der Waals surface area contributed by atoms with E-state index in [1.54, 1.807) is 0 Å². The van der Waals surface area contributed by atoms with Crippen LogP contribution in [-0.4, -0.2) is 17.0 Å². The molecule has 0 unspecified atom stereocenters. The number of aliphatic hydroxyl groups is 1. The fourth-order valence-corrected chi connectivity index (χ4v) is 1.78. The van der Waals surface area contributed by atoms with Crippen molar-refractivity contribution in [1.82, 2.24) is 0 Å². The maximum atomic E-state index is 11.8. The highest BCUT2D eigenvalue weighted by atomic mass is 16.3. The number of ketones is 1. The molecule has 2 heteroatoms. The average molecular weight is 214 g/mol. The molecule has 0 bridgehead atoms. The summed E-state index contributed by atoms with van der Waals surface area (Å²) < 4.78 is 0. The van der Waals surface area contributed by atoms with Crippen LogP contribution in [0.4, 0.5) is 0 Å². The summed E-state index contributed by atoms with van der Waals surface area (Å²) in [7, 11) is 0. The van der Waals surface area contributed by atoms with Gasteiger partial charge in [-0.15, -0.1) is 0 Å².